The normalized spacial score (nSPS) is 12.1. The summed E-state index contributed by atoms with van der Waals surface area (Å²) in [6.45, 7) is 4.01. The van der Waals surface area contributed by atoms with Crippen LogP contribution in [0.15, 0.2) is 36.8 Å². The van der Waals surface area contributed by atoms with Crippen molar-refractivity contribution < 1.29 is 18.0 Å². The molecule has 1 amide bonds. The zero-order valence-corrected chi connectivity index (χ0v) is 15.0. The van der Waals surface area contributed by atoms with Crippen molar-refractivity contribution in [3.8, 4) is 0 Å². The Morgan fingerprint density at radius 2 is 2.00 bits per heavy atom. The van der Waals surface area contributed by atoms with E-state index in [-0.39, 0.29) is 6.54 Å². The lowest BCUT2D eigenvalue weighted by atomic mass is 10.2. The summed E-state index contributed by atoms with van der Waals surface area (Å²) >= 11 is 0. The number of halogens is 3. The Hall–Kier alpha value is -2.84. The molecule has 2 aromatic heterocycles. The Morgan fingerprint density at radius 3 is 2.70 bits per heavy atom. The van der Waals surface area contributed by atoms with Gasteiger partial charge in [-0.05, 0) is 32.4 Å². The van der Waals surface area contributed by atoms with Gasteiger partial charge in [0.25, 0.3) is 5.91 Å². The summed E-state index contributed by atoms with van der Waals surface area (Å²) in [5.41, 5.74) is 0.374. The van der Waals surface area contributed by atoms with Crippen molar-refractivity contribution in [1.82, 2.24) is 24.6 Å². The number of aryl methyl sites for hydroxylation is 1. The van der Waals surface area contributed by atoms with Gasteiger partial charge in [-0.25, -0.2) is 4.98 Å². The molecule has 1 aromatic carbocycles. The molecule has 144 valence electrons. The topological polar surface area (TPSA) is 64.7 Å². The smallest absolute Gasteiger partial charge is 0.352 e. The fraction of sp³-hybridized carbons (Fsp3) is 0.389. The number of rotatable bonds is 6. The van der Waals surface area contributed by atoms with Crippen LogP contribution in [-0.2, 0) is 12.7 Å². The van der Waals surface area contributed by atoms with Crippen LogP contribution < -0.4 is 5.32 Å². The molecule has 3 aromatic rings. The van der Waals surface area contributed by atoms with E-state index in [1.165, 1.54) is 0 Å². The van der Waals surface area contributed by atoms with Crippen molar-refractivity contribution >= 4 is 16.9 Å². The molecule has 0 saturated carbocycles. The number of nitrogens with one attached hydrogen (secondary N) is 1. The fourth-order valence-corrected chi connectivity index (χ4v) is 2.94. The first-order valence-corrected chi connectivity index (χ1v) is 8.62. The predicted molar refractivity (Wildman–Crippen MR) is 94.3 cm³/mol. The average molecular weight is 379 g/mol. The fourth-order valence-electron chi connectivity index (χ4n) is 2.94. The highest BCUT2D eigenvalue weighted by atomic mass is 19.4. The number of aromatic nitrogens is 4. The quantitative estimate of drug-likeness (QED) is 0.665. The van der Waals surface area contributed by atoms with Gasteiger partial charge in [-0.15, -0.1) is 0 Å². The maximum absolute atomic E-state index is 13.3. The van der Waals surface area contributed by atoms with E-state index in [1.54, 1.807) is 20.2 Å². The molecule has 0 aliphatic heterocycles. The molecule has 0 bridgehead atoms. The standard InChI is InChI=1S/C18H20F3N5O/c1-12(2)26-16(18(19,20)21)13(10-24-26)17(27)22-8-5-9-25-11-23-14-6-3-4-7-15(14)25/h3-4,6-7,10-12H,5,8-9H2,1-2H3,(H,22,27). The molecular weight excluding hydrogens is 359 g/mol. The van der Waals surface area contributed by atoms with Gasteiger partial charge < -0.3 is 9.88 Å². The molecule has 2 heterocycles. The van der Waals surface area contributed by atoms with Crippen molar-refractivity contribution in [2.45, 2.75) is 39.0 Å². The largest absolute Gasteiger partial charge is 0.433 e. The summed E-state index contributed by atoms with van der Waals surface area (Å²) in [4.78, 5) is 16.5. The van der Waals surface area contributed by atoms with E-state index in [9.17, 15) is 18.0 Å². The van der Waals surface area contributed by atoms with Gasteiger partial charge in [-0.1, -0.05) is 12.1 Å². The van der Waals surface area contributed by atoms with E-state index in [2.05, 4.69) is 15.4 Å². The molecule has 0 saturated heterocycles. The Labute approximate surface area is 154 Å². The lowest BCUT2D eigenvalue weighted by molar-refractivity contribution is -0.145. The molecule has 0 atom stereocenters. The third-order valence-corrected chi connectivity index (χ3v) is 4.19. The molecule has 0 aliphatic carbocycles. The van der Waals surface area contributed by atoms with Crippen molar-refractivity contribution in [3.05, 3.63) is 48.0 Å². The Morgan fingerprint density at radius 1 is 1.26 bits per heavy atom. The molecule has 0 spiro atoms. The number of alkyl halides is 3. The lowest BCUT2D eigenvalue weighted by Gasteiger charge is -2.15. The van der Waals surface area contributed by atoms with E-state index in [1.807, 2.05) is 28.8 Å². The molecule has 0 fully saturated rings. The first-order valence-electron chi connectivity index (χ1n) is 8.62. The van der Waals surface area contributed by atoms with Crippen molar-refractivity contribution in [1.29, 1.82) is 0 Å². The van der Waals surface area contributed by atoms with Crippen LogP contribution >= 0.6 is 0 Å². The van der Waals surface area contributed by atoms with Crippen LogP contribution in [0.2, 0.25) is 0 Å². The van der Waals surface area contributed by atoms with Gasteiger partial charge in [0.15, 0.2) is 5.69 Å². The minimum absolute atomic E-state index is 0.246. The molecular formula is C18H20F3N5O. The average Bonchev–Trinajstić information content (AvgIpc) is 3.23. The number of hydrogen-bond donors (Lipinski definition) is 1. The monoisotopic (exact) mass is 379 g/mol. The second kappa shape index (κ2) is 7.42. The van der Waals surface area contributed by atoms with Gasteiger partial charge >= 0.3 is 6.18 Å². The minimum atomic E-state index is -4.65. The number of fused-ring (bicyclic) bond motifs is 1. The highest BCUT2D eigenvalue weighted by Gasteiger charge is 2.40. The summed E-state index contributed by atoms with van der Waals surface area (Å²) in [7, 11) is 0. The zero-order chi connectivity index (χ0) is 19.6. The summed E-state index contributed by atoms with van der Waals surface area (Å²) < 4.78 is 42.8. The van der Waals surface area contributed by atoms with E-state index in [0.717, 1.165) is 21.9 Å². The van der Waals surface area contributed by atoms with Crippen LogP contribution in [-0.4, -0.2) is 31.8 Å². The van der Waals surface area contributed by atoms with Crippen molar-refractivity contribution in [3.63, 3.8) is 0 Å². The summed E-state index contributed by atoms with van der Waals surface area (Å²) in [5, 5.41) is 6.28. The van der Waals surface area contributed by atoms with Crippen LogP contribution in [0.4, 0.5) is 13.2 Å². The summed E-state index contributed by atoms with van der Waals surface area (Å²) in [5.74, 6) is -0.773. The second-order valence-corrected chi connectivity index (χ2v) is 6.48. The SMILES string of the molecule is CC(C)n1ncc(C(=O)NCCCn2cnc3ccccc32)c1C(F)(F)F. The first-order chi connectivity index (χ1) is 12.8. The van der Waals surface area contributed by atoms with E-state index in [0.29, 0.717) is 13.0 Å². The molecule has 1 N–H and O–H groups in total. The number of amides is 1. The van der Waals surface area contributed by atoms with Crippen LogP contribution in [0, 0.1) is 0 Å². The number of benzene rings is 1. The highest BCUT2D eigenvalue weighted by molar-refractivity contribution is 5.95. The molecule has 0 aliphatic rings. The predicted octanol–water partition coefficient (Wildman–Crippen LogP) is 3.65. The molecule has 0 radical (unpaired) electrons. The molecule has 6 nitrogen and oxygen atoms in total. The van der Waals surface area contributed by atoms with E-state index in [4.69, 9.17) is 0 Å². The van der Waals surface area contributed by atoms with Crippen molar-refractivity contribution in [2.75, 3.05) is 6.54 Å². The molecule has 9 heteroatoms. The first kappa shape index (κ1) is 18.9. The van der Waals surface area contributed by atoms with Gasteiger partial charge in [-0.2, -0.15) is 18.3 Å². The number of carbonyl (C=O) groups excluding carboxylic acids is 1. The molecule has 0 unspecified atom stereocenters. The Balaban J connectivity index is 1.63. The van der Waals surface area contributed by atoms with E-state index < -0.39 is 29.4 Å². The minimum Gasteiger partial charge on any atom is -0.352 e. The number of para-hydroxylation sites is 2. The third kappa shape index (κ3) is 3.96. The number of carbonyl (C=O) groups is 1. The van der Waals surface area contributed by atoms with Crippen LogP contribution in [0.1, 0.15) is 42.4 Å². The Bertz CT molecular complexity index is 942. The number of nitrogens with zero attached hydrogens (tertiary/aromatic N) is 4. The van der Waals surface area contributed by atoms with Crippen molar-refractivity contribution in [2.24, 2.45) is 0 Å². The maximum Gasteiger partial charge on any atom is 0.433 e. The molecule has 27 heavy (non-hydrogen) atoms. The van der Waals surface area contributed by atoms with E-state index >= 15 is 0 Å². The van der Waals surface area contributed by atoms with Gasteiger partial charge in [0.2, 0.25) is 0 Å². The van der Waals surface area contributed by atoms with Gasteiger partial charge in [-0.3, -0.25) is 9.48 Å². The number of imidazole rings is 1. The zero-order valence-electron chi connectivity index (χ0n) is 15.0. The van der Waals surface area contributed by atoms with Crippen LogP contribution in [0.25, 0.3) is 11.0 Å². The Kier molecular flexibility index (Phi) is 5.20. The molecule has 3 rings (SSSR count). The maximum atomic E-state index is 13.3. The highest BCUT2D eigenvalue weighted by Crippen LogP contribution is 2.33. The van der Waals surface area contributed by atoms with Crippen LogP contribution in [0.3, 0.4) is 0 Å². The third-order valence-electron chi connectivity index (χ3n) is 4.19. The number of hydrogen-bond acceptors (Lipinski definition) is 3. The lowest BCUT2D eigenvalue weighted by Crippen LogP contribution is -2.28. The van der Waals surface area contributed by atoms with Gasteiger partial charge in [0.1, 0.15) is 0 Å². The van der Waals surface area contributed by atoms with Gasteiger partial charge in [0, 0.05) is 19.1 Å². The second-order valence-electron chi connectivity index (χ2n) is 6.48. The summed E-state index contributed by atoms with van der Waals surface area (Å²) in [6.07, 6.45) is -1.41. The summed E-state index contributed by atoms with van der Waals surface area (Å²) in [6, 6.07) is 7.15. The van der Waals surface area contributed by atoms with Crippen LogP contribution in [0.5, 0.6) is 0 Å². The van der Waals surface area contributed by atoms with Gasteiger partial charge in [0.05, 0.1) is 29.1 Å².